The van der Waals surface area contributed by atoms with E-state index < -0.39 is 12.0 Å². The Labute approximate surface area is 180 Å². The molecule has 1 amide bonds. The number of methoxy groups -OCH3 is 1. The van der Waals surface area contributed by atoms with E-state index in [1.807, 2.05) is 29.8 Å². The first kappa shape index (κ1) is 20.1. The van der Waals surface area contributed by atoms with Gasteiger partial charge in [-0.1, -0.05) is 22.9 Å². The van der Waals surface area contributed by atoms with Crippen LogP contribution in [-0.2, 0) is 16.6 Å². The van der Waals surface area contributed by atoms with Crippen LogP contribution in [-0.4, -0.2) is 39.6 Å². The minimum atomic E-state index is -0.744. The average Bonchev–Trinajstić information content (AvgIpc) is 3.26. The lowest BCUT2D eigenvalue weighted by Crippen LogP contribution is -2.39. The van der Waals surface area contributed by atoms with Crippen LogP contribution in [0.5, 0.6) is 0 Å². The van der Waals surface area contributed by atoms with Gasteiger partial charge in [-0.15, -0.1) is 0 Å². The molecule has 1 atom stereocenters. The van der Waals surface area contributed by atoms with Gasteiger partial charge in [-0.05, 0) is 43.3 Å². The predicted molar refractivity (Wildman–Crippen MR) is 118 cm³/mol. The molecule has 2 N–H and O–H groups in total. The first-order valence-electron chi connectivity index (χ1n) is 9.04. The van der Waals surface area contributed by atoms with Gasteiger partial charge in [0.05, 0.1) is 28.4 Å². The normalized spacial score (nSPS) is 12.1. The Morgan fingerprint density at radius 2 is 1.97 bits per heavy atom. The largest absolute Gasteiger partial charge is 0.467 e. The Hall–Kier alpha value is -3.17. The van der Waals surface area contributed by atoms with Gasteiger partial charge < -0.3 is 19.9 Å². The topological polar surface area (TPSA) is 98.1 Å². The number of amides is 1. The van der Waals surface area contributed by atoms with Gasteiger partial charge in [0.25, 0.3) is 5.91 Å². The number of hydrogen-bond acceptors (Lipinski definition) is 7. The molecule has 10 heteroatoms. The molecule has 0 radical (unpaired) electrons. The van der Waals surface area contributed by atoms with Crippen LogP contribution in [0, 0.1) is 0 Å². The third-order valence-corrected chi connectivity index (χ3v) is 5.78. The molecule has 154 valence electrons. The number of aryl methyl sites for hydroxylation is 1. The quantitative estimate of drug-likeness (QED) is 0.454. The van der Waals surface area contributed by atoms with Gasteiger partial charge in [-0.2, -0.15) is 0 Å². The van der Waals surface area contributed by atoms with Gasteiger partial charge in [0.1, 0.15) is 6.04 Å². The highest BCUT2D eigenvalue weighted by Gasteiger charge is 2.18. The number of hydrogen-bond donors (Lipinski definition) is 2. The fraction of sp³-hybridized carbons (Fsp3) is 0.200. The molecule has 4 aromatic rings. The zero-order valence-electron chi connectivity index (χ0n) is 16.4. The summed E-state index contributed by atoms with van der Waals surface area (Å²) in [6.45, 7) is 1.57. The molecule has 2 aromatic carbocycles. The number of esters is 1. The molecule has 8 nitrogen and oxygen atoms in total. The number of anilines is 2. The molecular formula is C20H18ClN5O3S. The van der Waals surface area contributed by atoms with Crippen LogP contribution >= 0.6 is 22.9 Å². The number of rotatable bonds is 5. The minimum absolute atomic E-state index is 0.377. The van der Waals surface area contributed by atoms with E-state index in [2.05, 4.69) is 25.3 Å². The third kappa shape index (κ3) is 3.81. The van der Waals surface area contributed by atoms with Crippen molar-refractivity contribution < 1.29 is 14.3 Å². The number of imidazole rings is 1. The van der Waals surface area contributed by atoms with Crippen LogP contribution in [0.3, 0.4) is 0 Å². The van der Waals surface area contributed by atoms with Gasteiger partial charge in [-0.25, -0.2) is 14.8 Å². The second-order valence-electron chi connectivity index (χ2n) is 6.67. The van der Waals surface area contributed by atoms with Gasteiger partial charge in [-0.3, -0.25) is 4.79 Å². The maximum atomic E-state index is 12.4. The van der Waals surface area contributed by atoms with E-state index in [9.17, 15) is 9.59 Å². The van der Waals surface area contributed by atoms with E-state index in [1.165, 1.54) is 18.4 Å². The lowest BCUT2D eigenvalue weighted by atomic mass is 10.1. The molecule has 0 aliphatic heterocycles. The Kier molecular flexibility index (Phi) is 5.31. The Morgan fingerprint density at radius 3 is 2.73 bits per heavy atom. The number of halogens is 1. The number of fused-ring (bicyclic) bond motifs is 2. The van der Waals surface area contributed by atoms with Crippen LogP contribution in [0.25, 0.3) is 21.3 Å². The van der Waals surface area contributed by atoms with Crippen LogP contribution < -0.4 is 10.6 Å². The van der Waals surface area contributed by atoms with Crippen molar-refractivity contribution in [3.05, 3.63) is 47.0 Å². The number of ether oxygens (including phenoxy) is 1. The summed E-state index contributed by atoms with van der Waals surface area (Å²) in [6, 6.07) is 9.97. The summed E-state index contributed by atoms with van der Waals surface area (Å²) in [4.78, 5) is 33.1. The standard InChI is InChI=1S/C20H18ClN5O3S/c1-10(18(28)29-3)22-17(27)11-4-7-15-14(8-11)23-19(26(15)2)25-20-24-13-6-5-12(21)9-16(13)30-20/h4-10H,1-3H3,(H,22,27)(H,23,24,25). The summed E-state index contributed by atoms with van der Waals surface area (Å²) in [7, 11) is 3.15. The summed E-state index contributed by atoms with van der Waals surface area (Å²) in [5.41, 5.74) is 2.74. The molecule has 0 saturated carbocycles. The molecule has 0 saturated heterocycles. The number of nitrogens with one attached hydrogen (secondary N) is 2. The van der Waals surface area contributed by atoms with Crippen molar-refractivity contribution >= 4 is 67.1 Å². The lowest BCUT2D eigenvalue weighted by Gasteiger charge is -2.11. The maximum absolute atomic E-state index is 12.4. The van der Waals surface area contributed by atoms with E-state index in [0.717, 1.165) is 15.7 Å². The van der Waals surface area contributed by atoms with Crippen molar-refractivity contribution in [1.29, 1.82) is 0 Å². The van der Waals surface area contributed by atoms with Gasteiger partial charge in [0.2, 0.25) is 5.95 Å². The Bertz CT molecular complexity index is 1280. The average molecular weight is 444 g/mol. The predicted octanol–water partition coefficient (Wildman–Crippen LogP) is 3.87. The van der Waals surface area contributed by atoms with Crippen molar-refractivity contribution in [2.24, 2.45) is 7.05 Å². The molecule has 2 aromatic heterocycles. The van der Waals surface area contributed by atoms with Gasteiger partial charge >= 0.3 is 5.97 Å². The third-order valence-electron chi connectivity index (χ3n) is 4.61. The van der Waals surface area contributed by atoms with Crippen LogP contribution in [0.15, 0.2) is 36.4 Å². The van der Waals surface area contributed by atoms with Crippen LogP contribution in [0.1, 0.15) is 17.3 Å². The van der Waals surface area contributed by atoms with Crippen molar-refractivity contribution in [2.75, 3.05) is 12.4 Å². The number of aromatic nitrogens is 3. The molecule has 0 fully saturated rings. The van der Waals surface area contributed by atoms with E-state index >= 15 is 0 Å². The molecule has 30 heavy (non-hydrogen) atoms. The highest BCUT2D eigenvalue weighted by molar-refractivity contribution is 7.22. The first-order chi connectivity index (χ1) is 14.4. The number of benzene rings is 2. The van der Waals surface area contributed by atoms with Gasteiger partial charge in [0, 0.05) is 17.6 Å². The van der Waals surface area contributed by atoms with Crippen LogP contribution in [0.2, 0.25) is 5.02 Å². The SMILES string of the molecule is COC(=O)C(C)NC(=O)c1ccc2c(c1)nc(Nc1nc3ccc(Cl)cc3s1)n2C. The number of carbonyl (C=O) groups excluding carboxylic acids is 2. The fourth-order valence-electron chi connectivity index (χ4n) is 3.02. The summed E-state index contributed by atoms with van der Waals surface area (Å²) in [5.74, 6) is -0.292. The van der Waals surface area contributed by atoms with E-state index in [-0.39, 0.29) is 5.91 Å². The van der Waals surface area contributed by atoms with Crippen molar-refractivity contribution in [2.45, 2.75) is 13.0 Å². The molecule has 0 bridgehead atoms. The monoisotopic (exact) mass is 443 g/mol. The summed E-state index contributed by atoms with van der Waals surface area (Å²) in [5, 5.41) is 7.19. The smallest absolute Gasteiger partial charge is 0.328 e. The zero-order chi connectivity index (χ0) is 21.4. The molecule has 2 heterocycles. The van der Waals surface area contributed by atoms with Crippen LogP contribution in [0.4, 0.5) is 11.1 Å². The van der Waals surface area contributed by atoms with Gasteiger partial charge in [0.15, 0.2) is 5.13 Å². The van der Waals surface area contributed by atoms with Crippen molar-refractivity contribution in [3.8, 4) is 0 Å². The minimum Gasteiger partial charge on any atom is -0.467 e. The van der Waals surface area contributed by atoms with E-state index in [4.69, 9.17) is 11.6 Å². The summed E-state index contributed by atoms with van der Waals surface area (Å²) < 4.78 is 7.49. The number of carbonyl (C=O) groups is 2. The van der Waals surface area contributed by atoms with E-state index in [1.54, 1.807) is 25.1 Å². The highest BCUT2D eigenvalue weighted by Crippen LogP contribution is 2.31. The molecule has 0 spiro atoms. The molecule has 0 aliphatic rings. The Balaban J connectivity index is 1.60. The molecule has 0 aliphatic carbocycles. The fourth-order valence-corrected chi connectivity index (χ4v) is 4.15. The maximum Gasteiger partial charge on any atom is 0.328 e. The second-order valence-corrected chi connectivity index (χ2v) is 8.14. The summed E-state index contributed by atoms with van der Waals surface area (Å²) >= 11 is 7.52. The first-order valence-corrected chi connectivity index (χ1v) is 10.2. The summed E-state index contributed by atoms with van der Waals surface area (Å²) in [6.07, 6.45) is 0. The number of nitrogens with zero attached hydrogens (tertiary/aromatic N) is 3. The zero-order valence-corrected chi connectivity index (χ0v) is 18.0. The van der Waals surface area contributed by atoms with Crippen molar-refractivity contribution in [1.82, 2.24) is 19.9 Å². The van der Waals surface area contributed by atoms with E-state index in [0.29, 0.717) is 27.2 Å². The number of thiazole rings is 1. The van der Waals surface area contributed by atoms with Crippen molar-refractivity contribution in [3.63, 3.8) is 0 Å². The molecule has 1 unspecified atom stereocenters. The molecule has 4 rings (SSSR count). The Morgan fingerprint density at radius 1 is 1.17 bits per heavy atom. The highest BCUT2D eigenvalue weighted by atomic mass is 35.5. The molecular weight excluding hydrogens is 426 g/mol. The lowest BCUT2D eigenvalue weighted by molar-refractivity contribution is -0.142. The second kappa shape index (κ2) is 7.92.